The van der Waals surface area contributed by atoms with Crippen LogP contribution in [0.15, 0.2) is 6.20 Å². The van der Waals surface area contributed by atoms with Crippen LogP contribution in [0.2, 0.25) is 0 Å². The van der Waals surface area contributed by atoms with Gasteiger partial charge in [0.1, 0.15) is 5.56 Å². The average Bonchev–Trinajstić information content (AvgIpc) is 2.38. The monoisotopic (exact) mass is 236 g/mol. The highest BCUT2D eigenvalue weighted by Crippen LogP contribution is 2.35. The topological polar surface area (TPSA) is 72.3 Å². The van der Waals surface area contributed by atoms with Gasteiger partial charge in [-0.05, 0) is 24.3 Å². The summed E-state index contributed by atoms with van der Waals surface area (Å²) in [5.41, 5.74) is 0.943. The van der Waals surface area contributed by atoms with Crippen molar-refractivity contribution in [2.75, 3.05) is 7.11 Å². The summed E-state index contributed by atoms with van der Waals surface area (Å²) in [4.78, 5) is 11.3. The molecule has 1 aliphatic rings. The molecule has 0 radical (unpaired) electrons. The molecule has 17 heavy (non-hydrogen) atoms. The van der Waals surface area contributed by atoms with E-state index in [1.807, 2.05) is 0 Å². The number of methoxy groups -OCH3 is 1. The van der Waals surface area contributed by atoms with E-state index in [-0.39, 0.29) is 17.4 Å². The maximum Gasteiger partial charge on any atom is 0.341 e. The number of aromatic carboxylic acids is 1. The zero-order valence-electron chi connectivity index (χ0n) is 9.85. The van der Waals surface area contributed by atoms with Gasteiger partial charge in [0.05, 0.1) is 13.3 Å². The molecule has 1 aromatic rings. The molecule has 0 spiro atoms. The van der Waals surface area contributed by atoms with Gasteiger partial charge in [-0.1, -0.05) is 19.3 Å². The van der Waals surface area contributed by atoms with E-state index in [2.05, 4.69) is 10.2 Å². The van der Waals surface area contributed by atoms with E-state index in [0.29, 0.717) is 0 Å². The molecular formula is C12H16N2O3. The van der Waals surface area contributed by atoms with E-state index < -0.39 is 5.97 Å². The number of ether oxygens (including phenoxy) is 1. The molecule has 1 saturated carbocycles. The molecule has 0 unspecified atom stereocenters. The number of aromatic nitrogens is 2. The molecule has 1 heterocycles. The van der Waals surface area contributed by atoms with Crippen LogP contribution in [0.1, 0.15) is 53.9 Å². The van der Waals surface area contributed by atoms with Gasteiger partial charge in [-0.3, -0.25) is 0 Å². The van der Waals surface area contributed by atoms with Crippen LogP contribution in [0.4, 0.5) is 0 Å². The van der Waals surface area contributed by atoms with Crippen LogP contribution in [0.25, 0.3) is 0 Å². The minimum absolute atomic E-state index is 0.112. The largest absolute Gasteiger partial charge is 0.479 e. The highest BCUT2D eigenvalue weighted by Gasteiger charge is 2.25. The fourth-order valence-electron chi connectivity index (χ4n) is 2.46. The molecule has 1 aliphatic carbocycles. The Hall–Kier alpha value is -1.65. The van der Waals surface area contributed by atoms with Crippen molar-refractivity contribution in [3.8, 4) is 5.88 Å². The fraction of sp³-hybridized carbons (Fsp3) is 0.583. The molecule has 2 rings (SSSR count). The number of nitrogens with zero attached hydrogens (tertiary/aromatic N) is 2. The van der Waals surface area contributed by atoms with E-state index in [9.17, 15) is 9.90 Å². The lowest BCUT2D eigenvalue weighted by molar-refractivity contribution is 0.0689. The predicted molar refractivity (Wildman–Crippen MR) is 61.4 cm³/mol. The summed E-state index contributed by atoms with van der Waals surface area (Å²) in [6, 6.07) is 0. The van der Waals surface area contributed by atoms with Crippen molar-refractivity contribution in [3.05, 3.63) is 17.3 Å². The summed E-state index contributed by atoms with van der Waals surface area (Å²) in [7, 11) is 1.42. The normalized spacial score (nSPS) is 16.8. The first kappa shape index (κ1) is 11.8. The molecule has 5 heteroatoms. The lowest BCUT2D eigenvalue weighted by Gasteiger charge is -2.23. The lowest BCUT2D eigenvalue weighted by atomic mass is 9.83. The Balaban J connectivity index is 2.40. The summed E-state index contributed by atoms with van der Waals surface area (Å²) in [5, 5.41) is 16.8. The van der Waals surface area contributed by atoms with Crippen LogP contribution in [0, 0.1) is 0 Å². The van der Waals surface area contributed by atoms with Gasteiger partial charge in [0.15, 0.2) is 0 Å². The van der Waals surface area contributed by atoms with Crippen molar-refractivity contribution in [2.45, 2.75) is 38.0 Å². The molecule has 0 bridgehead atoms. The highest BCUT2D eigenvalue weighted by molar-refractivity contribution is 5.92. The van der Waals surface area contributed by atoms with Crippen LogP contribution in [-0.2, 0) is 0 Å². The first-order chi connectivity index (χ1) is 8.24. The quantitative estimate of drug-likeness (QED) is 0.871. The van der Waals surface area contributed by atoms with Crippen LogP contribution >= 0.6 is 0 Å². The van der Waals surface area contributed by atoms with Gasteiger partial charge in [0, 0.05) is 0 Å². The first-order valence-corrected chi connectivity index (χ1v) is 5.87. The van der Waals surface area contributed by atoms with Crippen LogP contribution in [0.5, 0.6) is 5.88 Å². The zero-order chi connectivity index (χ0) is 12.3. The SMILES string of the molecule is COc1nncc(C2CCCCC2)c1C(=O)O. The summed E-state index contributed by atoms with van der Waals surface area (Å²) in [5.74, 6) is -0.600. The molecule has 1 aromatic heterocycles. The molecule has 1 N–H and O–H groups in total. The summed E-state index contributed by atoms with van der Waals surface area (Å²) in [6.45, 7) is 0. The molecule has 1 fully saturated rings. The molecule has 92 valence electrons. The minimum Gasteiger partial charge on any atom is -0.479 e. The molecule has 0 atom stereocenters. The van der Waals surface area contributed by atoms with E-state index in [4.69, 9.17) is 4.74 Å². The van der Waals surface area contributed by atoms with E-state index in [0.717, 1.165) is 31.2 Å². The smallest absolute Gasteiger partial charge is 0.341 e. The number of carboxylic acids is 1. The second-order valence-electron chi connectivity index (χ2n) is 4.32. The number of carboxylic acid groups (broad SMARTS) is 1. The van der Waals surface area contributed by atoms with Crippen molar-refractivity contribution in [1.29, 1.82) is 0 Å². The maximum absolute atomic E-state index is 11.3. The molecule has 0 amide bonds. The van der Waals surface area contributed by atoms with Gasteiger partial charge >= 0.3 is 5.97 Å². The third kappa shape index (κ3) is 2.38. The van der Waals surface area contributed by atoms with Gasteiger partial charge in [-0.2, -0.15) is 5.10 Å². The van der Waals surface area contributed by atoms with Crippen molar-refractivity contribution in [1.82, 2.24) is 10.2 Å². The average molecular weight is 236 g/mol. The Kier molecular flexibility index (Phi) is 3.56. The molecule has 0 saturated heterocycles. The highest BCUT2D eigenvalue weighted by atomic mass is 16.5. The van der Waals surface area contributed by atoms with Crippen molar-refractivity contribution >= 4 is 5.97 Å². The lowest BCUT2D eigenvalue weighted by Crippen LogP contribution is -2.13. The van der Waals surface area contributed by atoms with E-state index >= 15 is 0 Å². The third-order valence-electron chi connectivity index (χ3n) is 3.30. The Morgan fingerprint density at radius 1 is 1.41 bits per heavy atom. The van der Waals surface area contributed by atoms with Gasteiger partial charge in [-0.25, -0.2) is 4.79 Å². The number of carbonyl (C=O) groups is 1. The first-order valence-electron chi connectivity index (χ1n) is 5.87. The second kappa shape index (κ2) is 5.12. The minimum atomic E-state index is -0.989. The van der Waals surface area contributed by atoms with Crippen molar-refractivity contribution < 1.29 is 14.6 Å². The van der Waals surface area contributed by atoms with Gasteiger partial charge in [-0.15, -0.1) is 5.10 Å². The van der Waals surface area contributed by atoms with Gasteiger partial charge < -0.3 is 9.84 Å². The molecule has 0 aromatic carbocycles. The van der Waals surface area contributed by atoms with Gasteiger partial charge in [0.25, 0.3) is 0 Å². The Morgan fingerprint density at radius 3 is 2.71 bits per heavy atom. The Morgan fingerprint density at radius 2 is 2.12 bits per heavy atom. The summed E-state index contributed by atoms with van der Waals surface area (Å²) in [6.07, 6.45) is 7.14. The van der Waals surface area contributed by atoms with Crippen LogP contribution < -0.4 is 4.74 Å². The van der Waals surface area contributed by atoms with Crippen LogP contribution in [-0.4, -0.2) is 28.4 Å². The second-order valence-corrected chi connectivity index (χ2v) is 4.32. The van der Waals surface area contributed by atoms with E-state index in [1.165, 1.54) is 13.5 Å². The van der Waals surface area contributed by atoms with Crippen molar-refractivity contribution in [2.24, 2.45) is 0 Å². The fourth-order valence-corrected chi connectivity index (χ4v) is 2.46. The number of hydrogen-bond donors (Lipinski definition) is 1. The molecule has 0 aliphatic heterocycles. The summed E-state index contributed by atoms with van der Waals surface area (Å²) < 4.78 is 4.98. The molecular weight excluding hydrogens is 220 g/mol. The zero-order valence-corrected chi connectivity index (χ0v) is 9.85. The van der Waals surface area contributed by atoms with Gasteiger partial charge in [0.2, 0.25) is 5.88 Å². The molecule has 5 nitrogen and oxygen atoms in total. The van der Waals surface area contributed by atoms with Crippen molar-refractivity contribution in [3.63, 3.8) is 0 Å². The Bertz CT molecular complexity index is 414. The summed E-state index contributed by atoms with van der Waals surface area (Å²) >= 11 is 0. The standard InChI is InChI=1S/C12H16N2O3/c1-17-11-10(12(15)16)9(7-13-14-11)8-5-3-2-4-6-8/h7-8H,2-6H2,1H3,(H,15,16). The maximum atomic E-state index is 11.3. The predicted octanol–water partition coefficient (Wildman–Crippen LogP) is 2.23. The van der Waals surface area contributed by atoms with E-state index in [1.54, 1.807) is 6.20 Å². The van der Waals surface area contributed by atoms with Crippen LogP contribution in [0.3, 0.4) is 0 Å². The number of hydrogen-bond acceptors (Lipinski definition) is 4. The number of rotatable bonds is 3. The Labute approximate surface area is 99.8 Å². The third-order valence-corrected chi connectivity index (χ3v) is 3.30.